The molecule has 0 radical (unpaired) electrons. The van der Waals surface area contributed by atoms with Crippen molar-refractivity contribution in [3.05, 3.63) is 64.9 Å². The molecule has 1 saturated heterocycles. The third-order valence-corrected chi connectivity index (χ3v) is 9.25. The standard InChI is InChI=1S/C24H27BClF2N5O2S/c25-18-14-30-33-23(12-21(31-24(18)33)17-3-1-2-4-19(17)26)29-13-15-7-9-32(10-8-15)36(34,35)22-11-16(27)5-6-20(22)28/h1,3,5-6,11-12,14-15,21,29,31H,2,4,7-10,13,25H2. The lowest BCUT2D eigenvalue weighted by atomic mass is 9.95. The molecule has 1 aromatic heterocycles. The van der Waals surface area contributed by atoms with Crippen molar-refractivity contribution in [2.45, 2.75) is 36.6 Å². The van der Waals surface area contributed by atoms with Crippen molar-refractivity contribution in [3.63, 3.8) is 0 Å². The van der Waals surface area contributed by atoms with Crippen LogP contribution in [-0.2, 0) is 10.0 Å². The number of hydrogen-bond acceptors (Lipinski definition) is 5. The highest BCUT2D eigenvalue weighted by molar-refractivity contribution is 7.89. The second kappa shape index (κ2) is 10.0. The molecule has 0 spiro atoms. The zero-order chi connectivity index (χ0) is 25.4. The van der Waals surface area contributed by atoms with Crippen LogP contribution in [0.15, 0.2) is 58.1 Å². The van der Waals surface area contributed by atoms with Crippen molar-refractivity contribution in [1.82, 2.24) is 19.4 Å². The summed E-state index contributed by atoms with van der Waals surface area (Å²) in [5.41, 5.74) is 2.06. The van der Waals surface area contributed by atoms with Crippen LogP contribution in [0.25, 0.3) is 5.82 Å². The minimum atomic E-state index is -4.10. The third-order valence-electron chi connectivity index (χ3n) is 6.93. The van der Waals surface area contributed by atoms with Gasteiger partial charge in [0.2, 0.25) is 10.0 Å². The molecule has 5 rings (SSSR count). The zero-order valence-electron chi connectivity index (χ0n) is 19.8. The van der Waals surface area contributed by atoms with Gasteiger partial charge in [-0.05, 0) is 66.9 Å². The van der Waals surface area contributed by atoms with E-state index in [1.165, 1.54) is 4.31 Å². The summed E-state index contributed by atoms with van der Waals surface area (Å²) in [6.07, 6.45) is 11.0. The van der Waals surface area contributed by atoms with Gasteiger partial charge >= 0.3 is 0 Å². The van der Waals surface area contributed by atoms with E-state index in [1.807, 2.05) is 18.7 Å². The van der Waals surface area contributed by atoms with Crippen LogP contribution >= 0.6 is 11.6 Å². The summed E-state index contributed by atoms with van der Waals surface area (Å²) in [6, 6.07) is 2.41. The van der Waals surface area contributed by atoms with Crippen LogP contribution < -0.4 is 16.1 Å². The lowest BCUT2D eigenvalue weighted by Crippen LogP contribution is -2.41. The van der Waals surface area contributed by atoms with Crippen molar-refractivity contribution >= 4 is 46.6 Å². The number of sulfonamides is 1. The number of nitrogens with one attached hydrogen (secondary N) is 2. The molecule has 2 N–H and O–H groups in total. The lowest BCUT2D eigenvalue weighted by molar-refractivity contribution is 0.271. The predicted molar refractivity (Wildman–Crippen MR) is 139 cm³/mol. The minimum absolute atomic E-state index is 0.0902. The molecule has 0 saturated carbocycles. The number of hydrogen-bond donors (Lipinski definition) is 2. The molecule has 2 aromatic rings. The largest absolute Gasteiger partial charge is 0.370 e. The predicted octanol–water partition coefficient (Wildman–Crippen LogP) is 2.55. The molecular formula is C24H27BClF2N5O2S. The van der Waals surface area contributed by atoms with Crippen LogP contribution in [0.5, 0.6) is 0 Å². The van der Waals surface area contributed by atoms with Gasteiger partial charge in [0.1, 0.15) is 36.0 Å². The molecule has 1 atom stereocenters. The van der Waals surface area contributed by atoms with Gasteiger partial charge < -0.3 is 10.6 Å². The summed E-state index contributed by atoms with van der Waals surface area (Å²) in [5, 5.41) is 12.4. The van der Waals surface area contributed by atoms with E-state index in [-0.39, 0.29) is 25.0 Å². The number of aromatic nitrogens is 2. The molecule has 190 valence electrons. The topological polar surface area (TPSA) is 79.3 Å². The molecule has 2 aliphatic heterocycles. The van der Waals surface area contributed by atoms with Gasteiger partial charge in [0.25, 0.3) is 0 Å². The van der Waals surface area contributed by atoms with Gasteiger partial charge in [-0.25, -0.2) is 21.9 Å². The monoisotopic (exact) mass is 533 g/mol. The SMILES string of the molecule is Bc1cnn2c1NC(C1=C(Cl)CCC=C1)C=C2NCC1CCN(S(=O)(=O)c2cc(F)ccc2F)CC1. The van der Waals surface area contributed by atoms with Crippen molar-refractivity contribution in [1.29, 1.82) is 0 Å². The highest BCUT2D eigenvalue weighted by Crippen LogP contribution is 2.30. The summed E-state index contributed by atoms with van der Waals surface area (Å²) in [6.45, 7) is 1.11. The molecule has 12 heteroatoms. The maximum absolute atomic E-state index is 14.1. The van der Waals surface area contributed by atoms with Gasteiger partial charge in [-0.15, -0.1) is 0 Å². The summed E-state index contributed by atoms with van der Waals surface area (Å²) < 4.78 is 56.5. The quantitative estimate of drug-likeness (QED) is 0.558. The number of rotatable bonds is 6. The Kier molecular flexibility index (Phi) is 6.98. The Morgan fingerprint density at radius 3 is 2.78 bits per heavy atom. The van der Waals surface area contributed by atoms with E-state index in [0.717, 1.165) is 58.7 Å². The van der Waals surface area contributed by atoms with Crippen LogP contribution in [0.3, 0.4) is 0 Å². The minimum Gasteiger partial charge on any atom is -0.370 e. The van der Waals surface area contributed by atoms with Gasteiger partial charge in [0, 0.05) is 30.9 Å². The van der Waals surface area contributed by atoms with E-state index in [1.54, 1.807) is 0 Å². The van der Waals surface area contributed by atoms with E-state index in [4.69, 9.17) is 11.6 Å². The fourth-order valence-electron chi connectivity index (χ4n) is 4.85. The van der Waals surface area contributed by atoms with Crippen LogP contribution in [0, 0.1) is 17.6 Å². The van der Waals surface area contributed by atoms with E-state index >= 15 is 0 Å². The Labute approximate surface area is 215 Å². The molecule has 0 bridgehead atoms. The first kappa shape index (κ1) is 25.0. The van der Waals surface area contributed by atoms with Crippen molar-refractivity contribution < 1.29 is 17.2 Å². The second-order valence-electron chi connectivity index (χ2n) is 9.37. The fraction of sp³-hybridized carbons (Fsp3) is 0.375. The fourth-order valence-corrected chi connectivity index (χ4v) is 6.69. The van der Waals surface area contributed by atoms with E-state index in [2.05, 4.69) is 34.0 Å². The van der Waals surface area contributed by atoms with Gasteiger partial charge in [-0.3, -0.25) is 0 Å². The van der Waals surface area contributed by atoms with Crippen LogP contribution in [0.1, 0.15) is 25.7 Å². The number of allylic oxidation sites excluding steroid dienone is 2. The highest BCUT2D eigenvalue weighted by Gasteiger charge is 2.32. The van der Waals surface area contributed by atoms with Crippen molar-refractivity contribution in [2.24, 2.45) is 5.92 Å². The van der Waals surface area contributed by atoms with Crippen LogP contribution in [0.2, 0.25) is 0 Å². The molecule has 1 aliphatic carbocycles. The highest BCUT2D eigenvalue weighted by atomic mass is 35.5. The van der Waals surface area contributed by atoms with Gasteiger partial charge in [0.15, 0.2) is 0 Å². The molecule has 1 aromatic carbocycles. The van der Waals surface area contributed by atoms with E-state index in [0.29, 0.717) is 19.4 Å². The Bertz CT molecular complexity index is 1370. The first-order chi connectivity index (χ1) is 17.2. The maximum Gasteiger partial charge on any atom is 0.246 e. The van der Waals surface area contributed by atoms with Gasteiger partial charge in [0.05, 0.1) is 6.04 Å². The number of anilines is 1. The summed E-state index contributed by atoms with van der Waals surface area (Å²) in [7, 11) is -2.10. The second-order valence-corrected chi connectivity index (χ2v) is 11.7. The molecule has 3 heterocycles. The number of nitrogens with zero attached hydrogens (tertiary/aromatic N) is 3. The lowest BCUT2D eigenvalue weighted by Gasteiger charge is -2.33. The van der Waals surface area contributed by atoms with E-state index in [9.17, 15) is 17.2 Å². The molecule has 0 amide bonds. The third kappa shape index (κ3) is 4.84. The zero-order valence-corrected chi connectivity index (χ0v) is 21.4. The first-order valence-corrected chi connectivity index (χ1v) is 13.8. The Morgan fingerprint density at radius 2 is 2.03 bits per heavy atom. The van der Waals surface area contributed by atoms with Gasteiger partial charge in [-0.2, -0.15) is 9.40 Å². The van der Waals surface area contributed by atoms with Crippen LogP contribution in [-0.4, -0.2) is 56.0 Å². The van der Waals surface area contributed by atoms with Crippen molar-refractivity contribution in [3.8, 4) is 0 Å². The summed E-state index contributed by atoms with van der Waals surface area (Å²) in [4.78, 5) is -0.615. The Morgan fingerprint density at radius 1 is 1.25 bits per heavy atom. The molecule has 36 heavy (non-hydrogen) atoms. The average molecular weight is 534 g/mol. The number of fused-ring (bicyclic) bond motifs is 1. The normalized spacial score (nSPS) is 21.2. The smallest absolute Gasteiger partial charge is 0.246 e. The number of halogens is 3. The average Bonchev–Trinajstić information content (AvgIpc) is 3.25. The number of benzene rings is 1. The molecule has 1 unspecified atom stereocenters. The van der Waals surface area contributed by atoms with Crippen molar-refractivity contribution in [2.75, 3.05) is 25.0 Å². The number of piperidine rings is 1. The molecular weight excluding hydrogens is 507 g/mol. The van der Waals surface area contributed by atoms with Gasteiger partial charge in [-0.1, -0.05) is 23.8 Å². The first-order valence-electron chi connectivity index (χ1n) is 12.0. The Hall–Kier alpha value is -2.63. The Balaban J connectivity index is 1.26. The maximum atomic E-state index is 14.1. The molecule has 1 fully saturated rings. The molecule has 3 aliphatic rings. The summed E-state index contributed by atoms with van der Waals surface area (Å²) in [5.74, 6) is 0.228. The summed E-state index contributed by atoms with van der Waals surface area (Å²) >= 11 is 6.53. The molecule has 7 nitrogen and oxygen atoms in total. The van der Waals surface area contributed by atoms with E-state index < -0.39 is 26.6 Å². The van der Waals surface area contributed by atoms with Crippen LogP contribution in [0.4, 0.5) is 14.6 Å².